The van der Waals surface area contributed by atoms with Crippen molar-refractivity contribution in [2.45, 2.75) is 5.41 Å². The van der Waals surface area contributed by atoms with Crippen LogP contribution in [0, 0.1) is 0 Å². The van der Waals surface area contributed by atoms with Gasteiger partial charge in [-0.05, 0) is 63.7 Å². The standard InChI is InChI=1S/C30H20ClN/c31-24-15-17-26-25-16-14-21(29-13-7-8-18-32-29)19-27(25)30(28(26)20-24,22-9-3-1-4-10-22)23-11-5-2-6-12-23/h1-20H. The Bertz CT molecular complexity index is 1370. The van der Waals surface area contributed by atoms with Crippen molar-refractivity contribution in [3.05, 3.63) is 149 Å². The van der Waals surface area contributed by atoms with E-state index in [1.165, 1.54) is 33.4 Å². The topological polar surface area (TPSA) is 12.9 Å². The molecule has 1 aliphatic rings. The first-order valence-corrected chi connectivity index (χ1v) is 11.1. The second-order valence-corrected chi connectivity index (χ2v) is 8.58. The van der Waals surface area contributed by atoms with Crippen LogP contribution in [0.25, 0.3) is 22.4 Å². The van der Waals surface area contributed by atoms with E-state index in [-0.39, 0.29) is 0 Å². The van der Waals surface area contributed by atoms with Gasteiger partial charge in [-0.25, -0.2) is 0 Å². The molecule has 152 valence electrons. The van der Waals surface area contributed by atoms with Gasteiger partial charge in [-0.1, -0.05) is 96.5 Å². The van der Waals surface area contributed by atoms with Crippen LogP contribution >= 0.6 is 11.6 Å². The van der Waals surface area contributed by atoms with Crippen LogP contribution in [0.2, 0.25) is 5.02 Å². The highest BCUT2D eigenvalue weighted by molar-refractivity contribution is 6.30. The van der Waals surface area contributed by atoms with Gasteiger partial charge in [-0.3, -0.25) is 4.98 Å². The number of hydrogen-bond acceptors (Lipinski definition) is 1. The molecule has 6 rings (SSSR count). The van der Waals surface area contributed by atoms with Crippen LogP contribution < -0.4 is 0 Å². The number of benzene rings is 4. The third-order valence-corrected chi connectivity index (χ3v) is 6.71. The van der Waals surface area contributed by atoms with Crippen molar-refractivity contribution >= 4 is 11.6 Å². The number of halogens is 1. The van der Waals surface area contributed by atoms with E-state index in [0.29, 0.717) is 0 Å². The minimum atomic E-state index is -0.455. The summed E-state index contributed by atoms with van der Waals surface area (Å²) < 4.78 is 0. The summed E-state index contributed by atoms with van der Waals surface area (Å²) in [5, 5.41) is 0.748. The van der Waals surface area contributed by atoms with Gasteiger partial charge in [0.2, 0.25) is 0 Å². The van der Waals surface area contributed by atoms with Crippen LogP contribution in [0.15, 0.2) is 121 Å². The molecule has 0 N–H and O–H groups in total. The Labute approximate surface area is 193 Å². The van der Waals surface area contributed by atoms with E-state index in [0.717, 1.165) is 16.3 Å². The molecule has 1 aliphatic carbocycles. The molecule has 2 heteroatoms. The molecule has 0 amide bonds. The SMILES string of the molecule is Clc1ccc2c(c1)C(c1ccccc1)(c1ccccc1)c1cc(-c3ccccn3)ccc1-2. The monoisotopic (exact) mass is 429 g/mol. The number of pyridine rings is 1. The number of aromatic nitrogens is 1. The number of nitrogens with zero attached hydrogens (tertiary/aromatic N) is 1. The Morgan fingerprint density at radius 2 is 1.16 bits per heavy atom. The predicted octanol–water partition coefficient (Wildman–Crippen LogP) is 7.77. The van der Waals surface area contributed by atoms with Crippen LogP contribution in [0.1, 0.15) is 22.3 Å². The molecule has 1 heterocycles. The first-order chi connectivity index (χ1) is 15.8. The van der Waals surface area contributed by atoms with Gasteiger partial charge >= 0.3 is 0 Å². The predicted molar refractivity (Wildman–Crippen MR) is 132 cm³/mol. The smallest absolute Gasteiger partial charge is 0.0714 e. The summed E-state index contributed by atoms with van der Waals surface area (Å²) in [7, 11) is 0. The molecule has 0 saturated heterocycles. The first-order valence-electron chi connectivity index (χ1n) is 10.8. The molecule has 0 spiro atoms. The lowest BCUT2D eigenvalue weighted by molar-refractivity contribution is 0.768. The highest BCUT2D eigenvalue weighted by Gasteiger charge is 2.46. The minimum Gasteiger partial charge on any atom is -0.256 e. The summed E-state index contributed by atoms with van der Waals surface area (Å²) in [6.45, 7) is 0. The van der Waals surface area contributed by atoms with Gasteiger partial charge in [0.25, 0.3) is 0 Å². The van der Waals surface area contributed by atoms with Gasteiger partial charge in [0.05, 0.1) is 11.1 Å². The summed E-state index contributed by atoms with van der Waals surface area (Å²) in [6, 6.07) is 40.5. The maximum absolute atomic E-state index is 6.59. The van der Waals surface area contributed by atoms with Gasteiger partial charge in [-0.2, -0.15) is 0 Å². The summed E-state index contributed by atoms with van der Waals surface area (Å²) in [4.78, 5) is 4.61. The fraction of sp³-hybridized carbons (Fsp3) is 0.0333. The maximum Gasteiger partial charge on any atom is 0.0714 e. The Kier molecular flexibility index (Phi) is 4.45. The molecule has 0 atom stereocenters. The molecule has 1 nitrogen and oxygen atoms in total. The fourth-order valence-electron chi connectivity index (χ4n) is 5.15. The molecule has 0 saturated carbocycles. The number of rotatable bonds is 3. The van der Waals surface area contributed by atoms with Crippen molar-refractivity contribution < 1.29 is 0 Å². The van der Waals surface area contributed by atoms with Crippen LogP contribution in [0.5, 0.6) is 0 Å². The molecular formula is C30H20ClN. The van der Waals surface area contributed by atoms with Crippen molar-refractivity contribution in [1.82, 2.24) is 4.98 Å². The lowest BCUT2D eigenvalue weighted by atomic mass is 9.67. The van der Waals surface area contributed by atoms with Crippen LogP contribution in [0.3, 0.4) is 0 Å². The third-order valence-electron chi connectivity index (χ3n) is 6.47. The summed E-state index contributed by atoms with van der Waals surface area (Å²) in [5.74, 6) is 0. The van der Waals surface area contributed by atoms with Crippen molar-refractivity contribution in [3.63, 3.8) is 0 Å². The molecule has 0 unspecified atom stereocenters. The molecule has 4 aromatic carbocycles. The van der Waals surface area contributed by atoms with Gasteiger partial charge in [-0.15, -0.1) is 0 Å². The number of fused-ring (bicyclic) bond motifs is 3. The van der Waals surface area contributed by atoms with Gasteiger partial charge < -0.3 is 0 Å². The minimum absolute atomic E-state index is 0.455. The van der Waals surface area contributed by atoms with Gasteiger partial charge in [0.1, 0.15) is 0 Å². The van der Waals surface area contributed by atoms with E-state index in [1.54, 1.807) is 0 Å². The quantitative estimate of drug-likeness (QED) is 0.280. The summed E-state index contributed by atoms with van der Waals surface area (Å²) in [6.07, 6.45) is 1.85. The zero-order valence-electron chi connectivity index (χ0n) is 17.4. The second-order valence-electron chi connectivity index (χ2n) is 8.15. The lowest BCUT2D eigenvalue weighted by Crippen LogP contribution is -2.28. The average molecular weight is 430 g/mol. The van der Waals surface area contributed by atoms with E-state index in [2.05, 4.69) is 102 Å². The van der Waals surface area contributed by atoms with E-state index in [1.807, 2.05) is 24.4 Å². The molecule has 0 radical (unpaired) electrons. The van der Waals surface area contributed by atoms with E-state index >= 15 is 0 Å². The highest BCUT2D eigenvalue weighted by Crippen LogP contribution is 2.57. The van der Waals surface area contributed by atoms with E-state index in [4.69, 9.17) is 11.6 Å². The Balaban J connectivity index is 1.76. The Morgan fingerprint density at radius 1 is 0.562 bits per heavy atom. The van der Waals surface area contributed by atoms with E-state index < -0.39 is 5.41 Å². The van der Waals surface area contributed by atoms with Crippen LogP contribution in [-0.4, -0.2) is 4.98 Å². The molecule has 0 bridgehead atoms. The summed E-state index contributed by atoms with van der Waals surface area (Å²) >= 11 is 6.59. The van der Waals surface area contributed by atoms with E-state index in [9.17, 15) is 0 Å². The zero-order valence-corrected chi connectivity index (χ0v) is 18.1. The molecule has 1 aromatic heterocycles. The Hall–Kier alpha value is -3.68. The maximum atomic E-state index is 6.59. The molecule has 0 aliphatic heterocycles. The van der Waals surface area contributed by atoms with Crippen molar-refractivity contribution in [3.8, 4) is 22.4 Å². The van der Waals surface area contributed by atoms with Crippen molar-refractivity contribution in [2.24, 2.45) is 0 Å². The largest absolute Gasteiger partial charge is 0.256 e. The second kappa shape index (κ2) is 7.47. The van der Waals surface area contributed by atoms with Crippen LogP contribution in [0.4, 0.5) is 0 Å². The molecular weight excluding hydrogens is 410 g/mol. The first kappa shape index (κ1) is 19.0. The van der Waals surface area contributed by atoms with Gasteiger partial charge in [0.15, 0.2) is 0 Å². The lowest BCUT2D eigenvalue weighted by Gasteiger charge is -2.34. The summed E-state index contributed by atoms with van der Waals surface area (Å²) in [5.41, 5.74) is 9.03. The Morgan fingerprint density at radius 3 is 1.78 bits per heavy atom. The molecule has 0 fully saturated rings. The third kappa shape index (κ3) is 2.75. The fourth-order valence-corrected chi connectivity index (χ4v) is 5.33. The zero-order chi connectivity index (χ0) is 21.5. The molecule has 32 heavy (non-hydrogen) atoms. The normalized spacial score (nSPS) is 13.4. The highest BCUT2D eigenvalue weighted by atomic mass is 35.5. The number of hydrogen-bond donors (Lipinski definition) is 0. The van der Waals surface area contributed by atoms with Crippen LogP contribution in [-0.2, 0) is 5.41 Å². The van der Waals surface area contributed by atoms with Gasteiger partial charge in [0, 0.05) is 16.8 Å². The molecule has 5 aromatic rings. The van der Waals surface area contributed by atoms with Crippen molar-refractivity contribution in [1.29, 1.82) is 0 Å². The van der Waals surface area contributed by atoms with Crippen molar-refractivity contribution in [2.75, 3.05) is 0 Å². The average Bonchev–Trinajstić information content (AvgIpc) is 3.15.